The fourth-order valence-corrected chi connectivity index (χ4v) is 4.50. The Morgan fingerprint density at radius 1 is 1.17 bits per heavy atom. The maximum Gasteiger partial charge on any atom is 0.223 e. The first-order chi connectivity index (χ1) is 14.1. The summed E-state index contributed by atoms with van der Waals surface area (Å²) in [5, 5.41) is 14.9. The number of aryl methyl sites for hydroxylation is 1. The molecule has 29 heavy (non-hydrogen) atoms. The number of carbonyl (C=O) groups is 1. The van der Waals surface area contributed by atoms with Gasteiger partial charge in [-0.3, -0.25) is 14.3 Å². The van der Waals surface area contributed by atoms with E-state index < -0.39 is 0 Å². The molecule has 0 unspecified atom stereocenters. The number of pyridine rings is 1. The maximum absolute atomic E-state index is 11.2. The summed E-state index contributed by atoms with van der Waals surface area (Å²) in [5.41, 5.74) is 3.99. The number of rotatable bonds is 6. The summed E-state index contributed by atoms with van der Waals surface area (Å²) in [6.45, 7) is 3.54. The van der Waals surface area contributed by atoms with Crippen molar-refractivity contribution in [1.29, 1.82) is 0 Å². The molecule has 1 aromatic carbocycles. The Labute approximate surface area is 176 Å². The number of aromatic nitrogens is 5. The molecule has 9 heteroatoms. The number of amides is 1. The Kier molecular flexibility index (Phi) is 5.68. The van der Waals surface area contributed by atoms with Gasteiger partial charge in [0.1, 0.15) is 0 Å². The normalized spacial score (nSPS) is 10.8. The lowest BCUT2D eigenvalue weighted by Gasteiger charge is -2.12. The number of carbonyl (C=O) groups excluding carboxylic acids is 1. The lowest BCUT2D eigenvalue weighted by Crippen LogP contribution is -2.05. The molecule has 0 spiro atoms. The van der Waals surface area contributed by atoms with E-state index in [1.165, 1.54) is 18.3 Å². The fourth-order valence-electron chi connectivity index (χ4n) is 2.80. The average Bonchev–Trinajstić information content (AvgIpc) is 3.34. The fraction of sp³-hybridized carbons (Fsp3) is 0.150. The molecule has 0 saturated carbocycles. The number of anilines is 1. The highest BCUT2D eigenvalue weighted by Gasteiger charge is 2.18. The Morgan fingerprint density at radius 2 is 1.97 bits per heavy atom. The smallest absolute Gasteiger partial charge is 0.223 e. The zero-order valence-electron chi connectivity index (χ0n) is 15.9. The van der Waals surface area contributed by atoms with Gasteiger partial charge in [0.25, 0.3) is 0 Å². The number of benzene rings is 1. The summed E-state index contributed by atoms with van der Waals surface area (Å²) in [4.78, 5) is 19.7. The number of hydrogen-bond donors (Lipinski definition) is 1. The van der Waals surface area contributed by atoms with Crippen molar-refractivity contribution >= 4 is 34.1 Å². The molecule has 146 valence electrons. The van der Waals surface area contributed by atoms with Gasteiger partial charge in [-0.2, -0.15) is 0 Å². The second-order valence-corrected chi connectivity index (χ2v) is 8.08. The zero-order valence-corrected chi connectivity index (χ0v) is 17.5. The van der Waals surface area contributed by atoms with Crippen molar-refractivity contribution in [3.05, 3.63) is 65.4 Å². The van der Waals surface area contributed by atoms with Crippen molar-refractivity contribution in [3.8, 4) is 17.1 Å². The van der Waals surface area contributed by atoms with E-state index >= 15 is 0 Å². The van der Waals surface area contributed by atoms with Crippen LogP contribution in [0.25, 0.3) is 17.1 Å². The number of nitrogens with one attached hydrogen (secondary N) is 1. The summed E-state index contributed by atoms with van der Waals surface area (Å²) < 4.78 is 2.07. The van der Waals surface area contributed by atoms with Crippen LogP contribution in [0.15, 0.2) is 59.3 Å². The van der Waals surface area contributed by atoms with Crippen LogP contribution in [0.5, 0.6) is 0 Å². The van der Waals surface area contributed by atoms with E-state index in [2.05, 4.69) is 49.1 Å². The van der Waals surface area contributed by atoms with Crippen LogP contribution < -0.4 is 5.32 Å². The average molecular weight is 423 g/mol. The third-order valence-electron chi connectivity index (χ3n) is 4.11. The zero-order chi connectivity index (χ0) is 20.2. The van der Waals surface area contributed by atoms with Crippen LogP contribution in [0.4, 0.5) is 5.13 Å². The van der Waals surface area contributed by atoms with Gasteiger partial charge in [0.15, 0.2) is 16.1 Å². The van der Waals surface area contributed by atoms with E-state index in [4.69, 9.17) is 0 Å². The molecule has 4 rings (SSSR count). The molecule has 0 bridgehead atoms. The molecule has 3 heterocycles. The van der Waals surface area contributed by atoms with Crippen LogP contribution in [0.3, 0.4) is 0 Å². The van der Waals surface area contributed by atoms with E-state index in [1.807, 2.05) is 29.6 Å². The summed E-state index contributed by atoms with van der Waals surface area (Å²) in [6.07, 6.45) is 3.50. The highest BCUT2D eigenvalue weighted by atomic mass is 32.2. The number of thioether (sulfide) groups is 1. The van der Waals surface area contributed by atoms with Gasteiger partial charge >= 0.3 is 0 Å². The lowest BCUT2D eigenvalue weighted by atomic mass is 10.2. The van der Waals surface area contributed by atoms with Crippen molar-refractivity contribution in [1.82, 2.24) is 24.7 Å². The van der Waals surface area contributed by atoms with Crippen LogP contribution in [0.1, 0.15) is 18.2 Å². The third kappa shape index (κ3) is 4.36. The van der Waals surface area contributed by atoms with Crippen molar-refractivity contribution in [2.75, 3.05) is 5.32 Å². The molecule has 0 fully saturated rings. The van der Waals surface area contributed by atoms with Gasteiger partial charge in [-0.1, -0.05) is 30.0 Å². The molecule has 7 nitrogen and oxygen atoms in total. The van der Waals surface area contributed by atoms with Crippen LogP contribution in [0, 0.1) is 6.92 Å². The predicted molar refractivity (Wildman–Crippen MR) is 115 cm³/mol. The molecule has 1 N–H and O–H groups in total. The van der Waals surface area contributed by atoms with E-state index in [9.17, 15) is 4.79 Å². The minimum absolute atomic E-state index is 0.125. The molecule has 0 aliphatic heterocycles. The van der Waals surface area contributed by atoms with Gasteiger partial charge in [-0.05, 0) is 30.7 Å². The van der Waals surface area contributed by atoms with Gasteiger partial charge in [-0.15, -0.1) is 21.5 Å². The number of thiazole rings is 1. The highest BCUT2D eigenvalue weighted by Crippen LogP contribution is 2.31. The van der Waals surface area contributed by atoms with Crippen molar-refractivity contribution < 1.29 is 4.79 Å². The van der Waals surface area contributed by atoms with Crippen molar-refractivity contribution in [2.24, 2.45) is 0 Å². The van der Waals surface area contributed by atoms with Crippen LogP contribution in [0.2, 0.25) is 0 Å². The lowest BCUT2D eigenvalue weighted by molar-refractivity contribution is -0.114. The van der Waals surface area contributed by atoms with Gasteiger partial charge in [0.2, 0.25) is 5.91 Å². The first kappa shape index (κ1) is 19.3. The molecule has 0 aliphatic rings. The van der Waals surface area contributed by atoms with E-state index in [-0.39, 0.29) is 5.91 Å². The Hall–Kier alpha value is -3.04. The Morgan fingerprint density at radius 3 is 2.72 bits per heavy atom. The topological polar surface area (TPSA) is 85.6 Å². The standard InChI is InChI=1S/C20H18N6OS2/c1-13-5-3-4-6-17(13)26-18(15-7-9-21-10-8-15)24-25-20(26)29-12-16-11-28-19(23-16)22-14(2)27/h3-11H,12H2,1-2H3,(H,22,23,27). The molecular weight excluding hydrogens is 404 g/mol. The molecule has 0 aliphatic carbocycles. The molecule has 4 aromatic rings. The predicted octanol–water partition coefficient (Wildman–Crippen LogP) is 4.34. The largest absolute Gasteiger partial charge is 0.302 e. The van der Waals surface area contributed by atoms with Crippen molar-refractivity contribution in [3.63, 3.8) is 0 Å². The first-order valence-electron chi connectivity index (χ1n) is 8.88. The second kappa shape index (κ2) is 8.54. The number of hydrogen-bond acceptors (Lipinski definition) is 7. The van der Waals surface area contributed by atoms with Gasteiger partial charge in [0.05, 0.1) is 11.4 Å². The van der Waals surface area contributed by atoms with Crippen LogP contribution in [-0.2, 0) is 10.5 Å². The minimum atomic E-state index is -0.125. The second-order valence-electron chi connectivity index (χ2n) is 6.28. The SMILES string of the molecule is CC(=O)Nc1nc(CSc2nnc(-c3ccncc3)n2-c2ccccc2C)cs1. The Bertz CT molecular complexity index is 1140. The molecule has 0 atom stereocenters. The first-order valence-corrected chi connectivity index (χ1v) is 10.7. The number of nitrogens with zero attached hydrogens (tertiary/aromatic N) is 5. The molecular formula is C20H18N6OS2. The van der Waals surface area contributed by atoms with Gasteiger partial charge in [0, 0.05) is 36.0 Å². The third-order valence-corrected chi connectivity index (χ3v) is 5.88. The van der Waals surface area contributed by atoms with Crippen LogP contribution in [-0.4, -0.2) is 30.6 Å². The quantitative estimate of drug-likeness (QED) is 0.465. The molecule has 0 saturated heterocycles. The van der Waals surface area contributed by atoms with Gasteiger partial charge in [-0.25, -0.2) is 4.98 Å². The minimum Gasteiger partial charge on any atom is -0.302 e. The Balaban J connectivity index is 1.67. The van der Waals surface area contributed by atoms with Crippen molar-refractivity contribution in [2.45, 2.75) is 24.8 Å². The molecule has 3 aromatic heterocycles. The van der Waals surface area contributed by atoms with Crippen LogP contribution >= 0.6 is 23.1 Å². The number of para-hydroxylation sites is 1. The summed E-state index contributed by atoms with van der Waals surface area (Å²) >= 11 is 2.97. The van der Waals surface area contributed by atoms with E-state index in [1.54, 1.807) is 24.2 Å². The van der Waals surface area contributed by atoms with E-state index in [0.29, 0.717) is 10.9 Å². The summed E-state index contributed by atoms with van der Waals surface area (Å²) in [6, 6.07) is 12.0. The maximum atomic E-state index is 11.2. The summed E-state index contributed by atoms with van der Waals surface area (Å²) in [7, 11) is 0. The van der Waals surface area contributed by atoms with Gasteiger partial charge < -0.3 is 5.32 Å². The molecule has 0 radical (unpaired) electrons. The van der Waals surface area contributed by atoms with E-state index in [0.717, 1.165) is 33.5 Å². The highest BCUT2D eigenvalue weighted by molar-refractivity contribution is 7.98. The molecule has 1 amide bonds. The summed E-state index contributed by atoms with van der Waals surface area (Å²) in [5.74, 6) is 1.26. The monoisotopic (exact) mass is 422 g/mol.